The van der Waals surface area contributed by atoms with Crippen LogP contribution in [0.25, 0.3) is 23.2 Å². The van der Waals surface area contributed by atoms with Crippen LogP contribution in [0.3, 0.4) is 0 Å². The average molecular weight is 363 g/mol. The van der Waals surface area contributed by atoms with E-state index in [4.69, 9.17) is 20.8 Å². The van der Waals surface area contributed by atoms with E-state index < -0.39 is 0 Å². The standard InChI is InChI=1S/C22H15ClO3/c1-14-2-4-16(5-3-14)21-13-17(22(24)26-21)12-19-10-11-20(25-19)15-6-8-18(23)9-7-15/h2-13H,1H3/b17-12+. The van der Waals surface area contributed by atoms with Crippen LogP contribution < -0.4 is 0 Å². The number of carbonyl (C=O) groups excluding carboxylic acids is 1. The Kier molecular flexibility index (Phi) is 4.23. The van der Waals surface area contributed by atoms with Gasteiger partial charge in [0.1, 0.15) is 17.3 Å². The van der Waals surface area contributed by atoms with Gasteiger partial charge >= 0.3 is 5.97 Å². The van der Waals surface area contributed by atoms with Gasteiger partial charge in [-0.05, 0) is 55.5 Å². The fraction of sp³-hybridized carbons (Fsp3) is 0.0455. The third-order valence-corrected chi connectivity index (χ3v) is 4.37. The molecule has 0 N–H and O–H groups in total. The second-order valence-electron chi connectivity index (χ2n) is 6.07. The van der Waals surface area contributed by atoms with Gasteiger partial charge in [0.05, 0.1) is 5.57 Å². The lowest BCUT2D eigenvalue weighted by atomic mass is 10.1. The van der Waals surface area contributed by atoms with Crippen molar-refractivity contribution < 1.29 is 13.9 Å². The second-order valence-corrected chi connectivity index (χ2v) is 6.51. The average Bonchev–Trinajstić information content (AvgIpc) is 3.24. The van der Waals surface area contributed by atoms with Crippen molar-refractivity contribution in [2.45, 2.75) is 6.92 Å². The van der Waals surface area contributed by atoms with Gasteiger partial charge in [-0.15, -0.1) is 0 Å². The third kappa shape index (κ3) is 3.35. The fourth-order valence-electron chi connectivity index (χ4n) is 2.70. The highest BCUT2D eigenvalue weighted by Gasteiger charge is 2.22. The number of aryl methyl sites for hydroxylation is 1. The SMILES string of the molecule is Cc1ccc(C2=C/C(=C\c3ccc(-c4ccc(Cl)cc4)o3)C(=O)O2)cc1. The monoisotopic (exact) mass is 362 g/mol. The Morgan fingerprint density at radius 2 is 1.58 bits per heavy atom. The Balaban J connectivity index is 1.61. The van der Waals surface area contributed by atoms with E-state index in [0.717, 1.165) is 16.7 Å². The van der Waals surface area contributed by atoms with Gasteiger partial charge < -0.3 is 9.15 Å². The highest BCUT2D eigenvalue weighted by atomic mass is 35.5. The molecule has 0 radical (unpaired) electrons. The quantitative estimate of drug-likeness (QED) is 0.430. The van der Waals surface area contributed by atoms with E-state index >= 15 is 0 Å². The van der Waals surface area contributed by atoms with Crippen molar-refractivity contribution in [1.82, 2.24) is 0 Å². The fourth-order valence-corrected chi connectivity index (χ4v) is 2.83. The molecule has 3 aromatic rings. The summed E-state index contributed by atoms with van der Waals surface area (Å²) < 4.78 is 11.2. The highest BCUT2D eigenvalue weighted by molar-refractivity contribution is 6.30. The van der Waals surface area contributed by atoms with Gasteiger partial charge in [0.15, 0.2) is 0 Å². The molecule has 3 nitrogen and oxygen atoms in total. The van der Waals surface area contributed by atoms with Crippen molar-refractivity contribution in [2.75, 3.05) is 0 Å². The maximum atomic E-state index is 12.1. The first-order chi connectivity index (χ1) is 12.6. The summed E-state index contributed by atoms with van der Waals surface area (Å²) in [5.41, 5.74) is 3.40. The number of esters is 1. The molecule has 0 amide bonds. The zero-order valence-corrected chi connectivity index (χ0v) is 14.8. The normalized spacial score (nSPS) is 15.2. The first kappa shape index (κ1) is 16.4. The molecule has 0 bridgehead atoms. The molecular formula is C22H15ClO3. The lowest BCUT2D eigenvalue weighted by Crippen LogP contribution is -1.96. The topological polar surface area (TPSA) is 39.4 Å². The molecular weight excluding hydrogens is 348 g/mol. The van der Waals surface area contributed by atoms with Crippen LogP contribution in [0.15, 0.2) is 76.7 Å². The summed E-state index contributed by atoms with van der Waals surface area (Å²) in [4.78, 5) is 12.1. The molecule has 128 valence electrons. The smallest absolute Gasteiger partial charge is 0.343 e. The number of hydrogen-bond donors (Lipinski definition) is 0. The van der Waals surface area contributed by atoms with E-state index in [1.807, 2.05) is 67.6 Å². The van der Waals surface area contributed by atoms with Crippen LogP contribution in [0.1, 0.15) is 16.9 Å². The third-order valence-electron chi connectivity index (χ3n) is 4.11. The van der Waals surface area contributed by atoms with Crippen molar-refractivity contribution >= 4 is 29.4 Å². The first-order valence-electron chi connectivity index (χ1n) is 8.17. The molecule has 0 atom stereocenters. The van der Waals surface area contributed by atoms with Crippen molar-refractivity contribution in [3.63, 3.8) is 0 Å². The molecule has 0 unspecified atom stereocenters. The van der Waals surface area contributed by atoms with Crippen molar-refractivity contribution in [3.8, 4) is 11.3 Å². The Morgan fingerprint density at radius 1 is 0.885 bits per heavy atom. The molecule has 1 aliphatic heterocycles. The maximum absolute atomic E-state index is 12.1. The predicted molar refractivity (Wildman–Crippen MR) is 102 cm³/mol. The lowest BCUT2D eigenvalue weighted by Gasteiger charge is -2.01. The summed E-state index contributed by atoms with van der Waals surface area (Å²) in [6.07, 6.45) is 3.42. The molecule has 0 aliphatic carbocycles. The van der Waals surface area contributed by atoms with E-state index in [1.54, 1.807) is 12.2 Å². The van der Waals surface area contributed by atoms with E-state index in [-0.39, 0.29) is 5.97 Å². The zero-order valence-electron chi connectivity index (χ0n) is 14.0. The van der Waals surface area contributed by atoms with Crippen LogP contribution in [0, 0.1) is 6.92 Å². The summed E-state index contributed by atoms with van der Waals surface area (Å²) in [5.74, 6) is 1.46. The Hall–Kier alpha value is -3.04. The number of furan rings is 1. The highest BCUT2D eigenvalue weighted by Crippen LogP contribution is 2.29. The van der Waals surface area contributed by atoms with Crippen molar-refractivity contribution in [2.24, 2.45) is 0 Å². The summed E-state index contributed by atoms with van der Waals surface area (Å²) in [7, 11) is 0. The van der Waals surface area contributed by atoms with Gasteiger partial charge in [-0.1, -0.05) is 41.4 Å². The van der Waals surface area contributed by atoms with Crippen LogP contribution in [-0.2, 0) is 9.53 Å². The summed E-state index contributed by atoms with van der Waals surface area (Å²) in [6, 6.07) is 18.9. The predicted octanol–water partition coefficient (Wildman–Crippen LogP) is 5.89. The second kappa shape index (κ2) is 6.70. The summed E-state index contributed by atoms with van der Waals surface area (Å²) in [6.45, 7) is 2.01. The molecule has 0 spiro atoms. The van der Waals surface area contributed by atoms with Crippen LogP contribution in [0.2, 0.25) is 5.02 Å². The Labute approximate surface area is 156 Å². The maximum Gasteiger partial charge on any atom is 0.343 e. The summed E-state index contributed by atoms with van der Waals surface area (Å²) in [5, 5.41) is 0.671. The molecule has 0 fully saturated rings. The molecule has 4 heteroatoms. The lowest BCUT2D eigenvalue weighted by molar-refractivity contribution is -0.130. The van der Waals surface area contributed by atoms with Gasteiger partial charge in [0, 0.05) is 16.1 Å². The number of cyclic esters (lactones) is 1. The van der Waals surface area contributed by atoms with E-state index in [2.05, 4.69) is 0 Å². The van der Waals surface area contributed by atoms with Crippen molar-refractivity contribution in [1.29, 1.82) is 0 Å². The molecule has 1 aliphatic rings. The number of ether oxygens (including phenoxy) is 1. The molecule has 2 heterocycles. The number of rotatable bonds is 3. The summed E-state index contributed by atoms with van der Waals surface area (Å²) >= 11 is 5.91. The Morgan fingerprint density at radius 3 is 2.31 bits per heavy atom. The number of halogens is 1. The molecule has 0 saturated carbocycles. The molecule has 4 rings (SSSR count). The number of carbonyl (C=O) groups is 1. The molecule has 1 aromatic heterocycles. The molecule has 2 aromatic carbocycles. The van der Waals surface area contributed by atoms with E-state index in [1.165, 1.54) is 0 Å². The first-order valence-corrected chi connectivity index (χ1v) is 8.55. The van der Waals surface area contributed by atoms with Gasteiger partial charge in [-0.3, -0.25) is 0 Å². The van der Waals surface area contributed by atoms with Crippen LogP contribution in [0.4, 0.5) is 0 Å². The van der Waals surface area contributed by atoms with E-state index in [9.17, 15) is 4.79 Å². The van der Waals surface area contributed by atoms with E-state index in [0.29, 0.717) is 27.9 Å². The van der Waals surface area contributed by atoms with Gasteiger partial charge in [0.25, 0.3) is 0 Å². The van der Waals surface area contributed by atoms with Crippen molar-refractivity contribution in [3.05, 3.63) is 94.2 Å². The molecule has 0 saturated heterocycles. The van der Waals surface area contributed by atoms with Gasteiger partial charge in [-0.25, -0.2) is 4.79 Å². The molecule has 26 heavy (non-hydrogen) atoms. The van der Waals surface area contributed by atoms with Gasteiger partial charge in [0.2, 0.25) is 0 Å². The van der Waals surface area contributed by atoms with Crippen LogP contribution in [-0.4, -0.2) is 5.97 Å². The van der Waals surface area contributed by atoms with Gasteiger partial charge in [-0.2, -0.15) is 0 Å². The van der Waals surface area contributed by atoms with Crippen LogP contribution in [0.5, 0.6) is 0 Å². The zero-order chi connectivity index (χ0) is 18.1. The minimum Gasteiger partial charge on any atom is -0.457 e. The Bertz CT molecular complexity index is 1020. The number of hydrogen-bond acceptors (Lipinski definition) is 3. The largest absolute Gasteiger partial charge is 0.457 e. The minimum absolute atomic E-state index is 0.384. The minimum atomic E-state index is -0.384. The van der Waals surface area contributed by atoms with Crippen LogP contribution >= 0.6 is 11.6 Å². The number of benzene rings is 2.